The van der Waals surface area contributed by atoms with Crippen molar-refractivity contribution in [1.82, 2.24) is 0 Å². The molecule has 10 aliphatic rings. The van der Waals surface area contributed by atoms with E-state index in [1.165, 1.54) is 14.0 Å². The van der Waals surface area contributed by atoms with Crippen molar-refractivity contribution in [3.63, 3.8) is 0 Å². The van der Waals surface area contributed by atoms with Crippen LogP contribution in [0.15, 0.2) is 11.6 Å². The predicted molar refractivity (Wildman–Crippen MR) is 299 cm³/mol. The number of aliphatic hydroxyl groups excluding tert-OH is 7. The Morgan fingerprint density at radius 1 is 0.552 bits per heavy atom. The Hall–Kier alpha value is -1.59. The number of hydrogen-bond donors (Lipinski definition) is 9. The van der Waals surface area contributed by atoms with E-state index in [2.05, 4.69) is 0 Å². The first-order chi connectivity index (χ1) is 41.2. The summed E-state index contributed by atoms with van der Waals surface area (Å²) in [6.07, 6.45) is -17.9. The summed E-state index contributed by atoms with van der Waals surface area (Å²) in [6.45, 7) is 13.7. The van der Waals surface area contributed by atoms with E-state index < -0.39 is 206 Å². The van der Waals surface area contributed by atoms with E-state index in [9.17, 15) is 50.8 Å². The second-order valence-electron chi connectivity index (χ2n) is 26.9. The summed E-state index contributed by atoms with van der Waals surface area (Å²) in [5.74, 6) is -1.63. The van der Waals surface area contributed by atoms with Gasteiger partial charge in [0.05, 0.1) is 86.0 Å². The number of hydrogen-bond acceptors (Lipinski definition) is 26. The van der Waals surface area contributed by atoms with E-state index in [1.807, 2.05) is 40.7 Å². The van der Waals surface area contributed by atoms with Crippen molar-refractivity contribution in [2.45, 2.75) is 309 Å². The van der Waals surface area contributed by atoms with Crippen molar-refractivity contribution in [2.75, 3.05) is 35.0 Å². The van der Waals surface area contributed by atoms with E-state index in [0.29, 0.717) is 32.1 Å². The lowest BCUT2D eigenvalue weighted by Gasteiger charge is -2.66. The summed E-state index contributed by atoms with van der Waals surface area (Å²) in [7, 11) is 6.29. The number of aliphatic hydroxyl groups is 9. The van der Waals surface area contributed by atoms with Crippen molar-refractivity contribution in [2.24, 2.45) is 22.7 Å². The molecule has 0 amide bonds. The smallest absolute Gasteiger partial charge is 0.187 e. The highest BCUT2D eigenvalue weighted by Crippen LogP contribution is 2.69. The van der Waals surface area contributed by atoms with Gasteiger partial charge in [-0.05, 0) is 85.5 Å². The summed E-state index contributed by atoms with van der Waals surface area (Å²) >= 11 is 0. The summed E-state index contributed by atoms with van der Waals surface area (Å²) < 4.78 is 100. The molecule has 0 unspecified atom stereocenters. The molecule has 0 aromatic rings. The van der Waals surface area contributed by atoms with Crippen LogP contribution in [-0.4, -0.2) is 270 Å². The fourth-order valence-corrected chi connectivity index (χ4v) is 17.0. The van der Waals surface area contributed by atoms with Crippen molar-refractivity contribution in [3.8, 4) is 0 Å². The maximum absolute atomic E-state index is 12.8. The Labute approximate surface area is 509 Å². The summed E-state index contributed by atoms with van der Waals surface area (Å²) in [5, 5.41) is 101. The number of fused-ring (bicyclic) bond motifs is 5. The van der Waals surface area contributed by atoms with Crippen LogP contribution in [0.1, 0.15) is 126 Å². The molecule has 6 aliphatic heterocycles. The average molecular weight is 1250 g/mol. The molecule has 6 heterocycles. The van der Waals surface area contributed by atoms with E-state index >= 15 is 0 Å². The van der Waals surface area contributed by atoms with Crippen LogP contribution in [0.5, 0.6) is 0 Å². The van der Waals surface area contributed by atoms with E-state index in [4.69, 9.17) is 75.8 Å². The molecule has 4 aliphatic carbocycles. The van der Waals surface area contributed by atoms with Gasteiger partial charge in [0.15, 0.2) is 37.7 Å². The lowest BCUT2D eigenvalue weighted by molar-refractivity contribution is -0.359. The van der Waals surface area contributed by atoms with Gasteiger partial charge in [-0.2, -0.15) is 0 Å². The number of carbonyl (C=O) groups is 1. The average Bonchev–Trinajstić information content (AvgIpc) is 1.62. The Balaban J connectivity index is 0.679. The zero-order chi connectivity index (χ0) is 63.0. The first-order valence-electron chi connectivity index (χ1n) is 31.5. The molecule has 9 N–H and O–H groups in total. The van der Waals surface area contributed by atoms with Gasteiger partial charge in [0.1, 0.15) is 71.9 Å². The van der Waals surface area contributed by atoms with E-state index in [0.717, 1.165) is 5.57 Å². The molecule has 0 aromatic carbocycles. The molecule has 0 spiro atoms. The molecule has 500 valence electrons. The van der Waals surface area contributed by atoms with E-state index in [-0.39, 0.29) is 50.4 Å². The lowest BCUT2D eigenvalue weighted by Crippen LogP contribution is -2.78. The van der Waals surface area contributed by atoms with Gasteiger partial charge in [0.2, 0.25) is 0 Å². The Morgan fingerprint density at radius 2 is 0.989 bits per heavy atom. The van der Waals surface area contributed by atoms with Crippen molar-refractivity contribution in [3.05, 3.63) is 11.6 Å². The molecule has 9 fully saturated rings. The predicted octanol–water partition coefficient (Wildman–Crippen LogP) is 0.532. The molecular formula is C61H100O26. The lowest BCUT2D eigenvalue weighted by atomic mass is 9.42. The van der Waals surface area contributed by atoms with Crippen LogP contribution >= 0.6 is 0 Å². The topological polar surface area (TPSA) is 347 Å². The summed E-state index contributed by atoms with van der Waals surface area (Å²) in [5.41, 5.74) is -4.89. The highest BCUT2D eigenvalue weighted by molar-refractivity contribution is 5.80. The second-order valence-corrected chi connectivity index (χ2v) is 26.9. The second kappa shape index (κ2) is 27.0. The van der Waals surface area contributed by atoms with Crippen molar-refractivity contribution < 1.29 is 127 Å². The van der Waals surface area contributed by atoms with Crippen LogP contribution < -0.4 is 0 Å². The normalized spacial score (nSPS) is 53.8. The molecule has 0 aromatic heterocycles. The molecule has 3 saturated carbocycles. The van der Waals surface area contributed by atoms with Crippen LogP contribution in [0.3, 0.4) is 0 Å². The molecule has 26 heteroatoms. The maximum atomic E-state index is 12.8. The minimum absolute atomic E-state index is 0.0319. The zero-order valence-corrected chi connectivity index (χ0v) is 52.3. The molecule has 10 rings (SSSR count). The molecule has 26 nitrogen and oxygen atoms in total. The van der Waals surface area contributed by atoms with Gasteiger partial charge in [0, 0.05) is 77.8 Å². The molecule has 34 atom stereocenters. The highest BCUT2D eigenvalue weighted by atomic mass is 16.8. The number of rotatable bonds is 18. The molecular weight excluding hydrogens is 1150 g/mol. The van der Waals surface area contributed by atoms with Gasteiger partial charge in [-0.1, -0.05) is 25.5 Å². The molecule has 87 heavy (non-hydrogen) atoms. The minimum Gasteiger partial charge on any atom is -0.394 e. The fourth-order valence-electron chi connectivity index (χ4n) is 17.0. The van der Waals surface area contributed by atoms with Crippen molar-refractivity contribution in [1.29, 1.82) is 0 Å². The van der Waals surface area contributed by atoms with Crippen LogP contribution in [0, 0.1) is 22.7 Å². The largest absolute Gasteiger partial charge is 0.394 e. The monoisotopic (exact) mass is 1250 g/mol. The quantitative estimate of drug-likeness (QED) is 0.0846. The number of Topliss-reactive ketones (excluding diaryl/α,β-unsaturated/α-hetero) is 1. The standard InChI is InChI=1S/C61H100O26/c1-26(63)34-18-43(66)61(71)59(34,8)42(65)24-41-58(7)15-14-33(17-32(58)13-16-60(41,61)70)81-44-19-35(64)52(27(2)76-44)83-45-20-36(72-9)53(28(3)77-45)84-46-21-37(73-10)54(29(4)78-46)85-47-22-38(74-11)55(30(5)79-47)86-48-23-39(75-12)56(31(6)80-48)87-57-51(69)50(68)49(67)40(25-62)82-57/h13,27-31,33-57,62,64-71H,14-25H2,1-12H3/t27-,28-,29-,30-,31-,33+,34+,35-,36-,37-,38+,39-,40-,41-,42-,43-,44+,45+,46+,47+,48+,49-,50+,51-,52-,53-,54-,55-,56-,57+,58+,59+,60+,61-/m1/s1. The Kier molecular flexibility index (Phi) is 21.2. The summed E-state index contributed by atoms with van der Waals surface area (Å²) in [6, 6.07) is 0. The fraction of sp³-hybridized carbons (Fsp3) is 0.951. The van der Waals surface area contributed by atoms with Crippen LogP contribution in [0.4, 0.5) is 0 Å². The van der Waals surface area contributed by atoms with Gasteiger partial charge >= 0.3 is 0 Å². The van der Waals surface area contributed by atoms with Crippen LogP contribution in [-0.2, 0) is 80.6 Å². The van der Waals surface area contributed by atoms with Gasteiger partial charge in [-0.25, -0.2) is 0 Å². The third-order valence-corrected chi connectivity index (χ3v) is 22.0. The van der Waals surface area contributed by atoms with Gasteiger partial charge in [-0.3, -0.25) is 4.79 Å². The third-order valence-electron chi connectivity index (χ3n) is 22.0. The molecule has 0 bridgehead atoms. The van der Waals surface area contributed by atoms with Gasteiger partial charge in [-0.15, -0.1) is 0 Å². The number of methoxy groups -OCH3 is 4. The highest BCUT2D eigenvalue weighted by Gasteiger charge is 2.79. The van der Waals surface area contributed by atoms with Crippen LogP contribution in [0.2, 0.25) is 0 Å². The Bertz CT molecular complexity index is 2330. The number of carbonyl (C=O) groups excluding carboxylic acids is 1. The molecule has 6 saturated heterocycles. The van der Waals surface area contributed by atoms with Gasteiger partial charge in [0.25, 0.3) is 0 Å². The van der Waals surface area contributed by atoms with Crippen molar-refractivity contribution >= 4 is 5.78 Å². The number of ketones is 1. The first kappa shape index (κ1) is 68.3. The minimum atomic E-state index is -2.10. The maximum Gasteiger partial charge on any atom is 0.187 e. The van der Waals surface area contributed by atoms with Gasteiger partial charge < -0.3 is 122 Å². The SMILES string of the molecule is CO[C@H]1C[C@H](O[C@@H]2[C@@H](C)O[C@@H](O[C@@H]3[C@@H](C)O[C@@H](O[C@H]4[C@H](O)C[C@H](O[C@H]5CC[C@@]6(C)C(=CC[C@]7(O)[C@@H]6C[C@@H](O)[C@]6(C)[C@H](C(C)=O)C[C@@H](O)[C@@]67O)C5)O[C@@H]4C)C[C@H]3OC)C[C@H]2OC)O[C@H](C)[C@H]1O[C@H]1C[C@@H](OC)[C@H](O[C@@H]2O[C@H](CO)[C@@H](O)[C@H](O)[C@H]2O)[C@@H](C)O1. The number of ether oxygens (including phenoxy) is 16. The Morgan fingerprint density at radius 3 is 1.43 bits per heavy atom. The zero-order valence-electron chi connectivity index (χ0n) is 52.3. The summed E-state index contributed by atoms with van der Waals surface area (Å²) in [4.78, 5) is 12.8. The molecule has 0 radical (unpaired) electrons. The third kappa shape index (κ3) is 12.5. The van der Waals surface area contributed by atoms with Crippen LogP contribution in [0.25, 0.3) is 0 Å². The van der Waals surface area contributed by atoms with E-state index in [1.54, 1.807) is 35.2 Å². The first-order valence-corrected chi connectivity index (χ1v) is 31.5.